The Labute approximate surface area is 108 Å². The summed E-state index contributed by atoms with van der Waals surface area (Å²) in [5.74, 6) is 0.159. The van der Waals surface area contributed by atoms with Crippen molar-refractivity contribution in [2.45, 2.75) is 26.2 Å². The van der Waals surface area contributed by atoms with Crippen LogP contribution in [0.2, 0.25) is 0 Å². The van der Waals surface area contributed by atoms with Gasteiger partial charge in [0, 0.05) is 20.2 Å². The molecule has 2 N–H and O–H groups in total. The normalized spacial score (nSPS) is 21.9. The Morgan fingerprint density at radius 1 is 1.65 bits per heavy atom. The molecule has 4 nitrogen and oxygen atoms in total. The van der Waals surface area contributed by atoms with Crippen molar-refractivity contribution in [1.82, 2.24) is 4.90 Å². The molecule has 5 heteroatoms. The number of ether oxygens (including phenoxy) is 1. The van der Waals surface area contributed by atoms with E-state index in [1.807, 2.05) is 14.0 Å². The predicted molar refractivity (Wildman–Crippen MR) is 71.7 cm³/mol. The van der Waals surface area contributed by atoms with E-state index in [0.29, 0.717) is 17.3 Å². The SMILES string of the molecule is CCC(C(=O)N(C)CC1CCCOC1)C(N)=S. The third-order valence-electron chi connectivity index (χ3n) is 3.21. The zero-order valence-corrected chi connectivity index (χ0v) is 11.5. The highest BCUT2D eigenvalue weighted by Gasteiger charge is 2.25. The Kier molecular flexibility index (Phi) is 5.85. The minimum absolute atomic E-state index is 0.0329. The first kappa shape index (κ1) is 14.4. The quantitative estimate of drug-likeness (QED) is 0.753. The lowest BCUT2D eigenvalue weighted by molar-refractivity contribution is -0.133. The van der Waals surface area contributed by atoms with E-state index in [-0.39, 0.29) is 11.8 Å². The van der Waals surface area contributed by atoms with E-state index in [2.05, 4.69) is 0 Å². The minimum Gasteiger partial charge on any atom is -0.393 e. The largest absolute Gasteiger partial charge is 0.393 e. The van der Waals surface area contributed by atoms with E-state index in [0.717, 1.165) is 32.6 Å². The van der Waals surface area contributed by atoms with Gasteiger partial charge < -0.3 is 15.4 Å². The number of hydrogen-bond acceptors (Lipinski definition) is 3. The highest BCUT2D eigenvalue weighted by Crippen LogP contribution is 2.16. The molecule has 2 atom stereocenters. The van der Waals surface area contributed by atoms with Crippen molar-refractivity contribution in [1.29, 1.82) is 0 Å². The molecule has 98 valence electrons. The summed E-state index contributed by atoms with van der Waals surface area (Å²) in [4.78, 5) is 14.1. The van der Waals surface area contributed by atoms with Gasteiger partial charge in [-0.1, -0.05) is 19.1 Å². The van der Waals surface area contributed by atoms with Crippen LogP contribution in [0.15, 0.2) is 0 Å². The third-order valence-corrected chi connectivity index (χ3v) is 3.50. The lowest BCUT2D eigenvalue weighted by atomic mass is 10.00. The molecule has 0 aromatic heterocycles. The van der Waals surface area contributed by atoms with Crippen molar-refractivity contribution < 1.29 is 9.53 Å². The van der Waals surface area contributed by atoms with Crippen molar-refractivity contribution in [2.75, 3.05) is 26.8 Å². The van der Waals surface area contributed by atoms with Gasteiger partial charge in [0.1, 0.15) is 0 Å². The predicted octanol–water partition coefficient (Wildman–Crippen LogP) is 1.18. The molecule has 1 rings (SSSR count). The average molecular weight is 258 g/mol. The summed E-state index contributed by atoms with van der Waals surface area (Å²) in [6.07, 6.45) is 2.88. The molecule has 0 aromatic rings. The number of rotatable bonds is 5. The van der Waals surface area contributed by atoms with E-state index in [9.17, 15) is 4.79 Å². The monoisotopic (exact) mass is 258 g/mol. The van der Waals surface area contributed by atoms with E-state index < -0.39 is 0 Å². The zero-order chi connectivity index (χ0) is 12.8. The Hall–Kier alpha value is -0.680. The Morgan fingerprint density at radius 3 is 2.82 bits per heavy atom. The average Bonchev–Trinajstić information content (AvgIpc) is 2.30. The van der Waals surface area contributed by atoms with Crippen LogP contribution in [0.25, 0.3) is 0 Å². The molecule has 0 bridgehead atoms. The summed E-state index contributed by atoms with van der Waals surface area (Å²) in [5, 5.41) is 0. The smallest absolute Gasteiger partial charge is 0.232 e. The molecule has 0 aromatic carbocycles. The first-order valence-electron chi connectivity index (χ1n) is 6.18. The molecule has 1 saturated heterocycles. The van der Waals surface area contributed by atoms with Crippen LogP contribution in [0.5, 0.6) is 0 Å². The van der Waals surface area contributed by atoms with E-state index in [1.165, 1.54) is 0 Å². The van der Waals surface area contributed by atoms with Gasteiger partial charge in [-0.05, 0) is 25.2 Å². The van der Waals surface area contributed by atoms with Crippen LogP contribution in [0.1, 0.15) is 26.2 Å². The lowest BCUT2D eigenvalue weighted by Crippen LogP contribution is -2.42. The topological polar surface area (TPSA) is 55.6 Å². The second-order valence-corrected chi connectivity index (χ2v) is 5.14. The van der Waals surface area contributed by atoms with Crippen LogP contribution in [0.4, 0.5) is 0 Å². The van der Waals surface area contributed by atoms with Gasteiger partial charge in [0.25, 0.3) is 0 Å². The van der Waals surface area contributed by atoms with Crippen LogP contribution in [0, 0.1) is 11.8 Å². The summed E-state index contributed by atoms with van der Waals surface area (Å²) >= 11 is 4.92. The second-order valence-electron chi connectivity index (χ2n) is 4.67. The van der Waals surface area contributed by atoms with Gasteiger partial charge >= 0.3 is 0 Å². The van der Waals surface area contributed by atoms with Gasteiger partial charge in [0.2, 0.25) is 5.91 Å². The molecule has 0 aliphatic carbocycles. The maximum Gasteiger partial charge on any atom is 0.232 e. The summed E-state index contributed by atoms with van der Waals surface area (Å²) < 4.78 is 5.41. The molecule has 1 fully saturated rings. The van der Waals surface area contributed by atoms with E-state index in [4.69, 9.17) is 22.7 Å². The zero-order valence-electron chi connectivity index (χ0n) is 10.6. The Balaban J connectivity index is 2.47. The van der Waals surface area contributed by atoms with E-state index in [1.54, 1.807) is 4.90 Å². The van der Waals surface area contributed by atoms with Crippen molar-refractivity contribution in [3.05, 3.63) is 0 Å². The van der Waals surface area contributed by atoms with Crippen molar-refractivity contribution in [3.8, 4) is 0 Å². The third kappa shape index (κ3) is 4.24. The van der Waals surface area contributed by atoms with Gasteiger partial charge in [0.15, 0.2) is 0 Å². The molecule has 2 unspecified atom stereocenters. The summed E-state index contributed by atoms with van der Waals surface area (Å²) in [7, 11) is 1.82. The molecule has 0 saturated carbocycles. The van der Waals surface area contributed by atoms with Crippen LogP contribution >= 0.6 is 12.2 Å². The van der Waals surface area contributed by atoms with Crippen LogP contribution < -0.4 is 5.73 Å². The number of amides is 1. The summed E-state index contributed by atoms with van der Waals surface area (Å²) in [6.45, 7) is 4.26. The fourth-order valence-corrected chi connectivity index (χ4v) is 2.46. The second kappa shape index (κ2) is 6.91. The van der Waals surface area contributed by atoms with Crippen LogP contribution in [-0.4, -0.2) is 42.6 Å². The molecule has 17 heavy (non-hydrogen) atoms. The number of nitrogens with two attached hydrogens (primary N) is 1. The lowest BCUT2D eigenvalue weighted by Gasteiger charge is -2.29. The molecule has 0 spiro atoms. The molecular formula is C12H22N2O2S. The number of hydrogen-bond donors (Lipinski definition) is 1. The number of carbonyl (C=O) groups is 1. The molecule has 1 amide bonds. The molecule has 0 radical (unpaired) electrons. The standard InChI is InChI=1S/C12H22N2O2S/c1-3-10(11(13)17)12(15)14(2)7-9-5-4-6-16-8-9/h9-10H,3-8H2,1-2H3,(H2,13,17). The first-order chi connectivity index (χ1) is 8.06. The summed E-state index contributed by atoms with van der Waals surface area (Å²) in [6, 6.07) is 0. The van der Waals surface area contributed by atoms with Gasteiger partial charge in [0.05, 0.1) is 17.5 Å². The van der Waals surface area contributed by atoms with Crippen molar-refractivity contribution >= 4 is 23.1 Å². The molecular weight excluding hydrogens is 236 g/mol. The Bertz CT molecular complexity index is 278. The van der Waals surface area contributed by atoms with Gasteiger partial charge in [-0.25, -0.2) is 0 Å². The summed E-state index contributed by atoms with van der Waals surface area (Å²) in [5.41, 5.74) is 5.58. The Morgan fingerprint density at radius 2 is 2.35 bits per heavy atom. The van der Waals surface area contributed by atoms with E-state index >= 15 is 0 Å². The van der Waals surface area contributed by atoms with Crippen molar-refractivity contribution in [3.63, 3.8) is 0 Å². The number of nitrogens with zero attached hydrogens (tertiary/aromatic N) is 1. The maximum absolute atomic E-state index is 12.1. The van der Waals surface area contributed by atoms with Crippen LogP contribution in [0.3, 0.4) is 0 Å². The molecule has 1 aliphatic rings. The molecule has 1 heterocycles. The van der Waals surface area contributed by atoms with Crippen LogP contribution in [-0.2, 0) is 9.53 Å². The highest BCUT2D eigenvalue weighted by molar-refractivity contribution is 7.80. The van der Waals surface area contributed by atoms with Gasteiger partial charge in [-0.15, -0.1) is 0 Å². The van der Waals surface area contributed by atoms with Gasteiger partial charge in [-0.3, -0.25) is 4.79 Å². The number of carbonyl (C=O) groups excluding carboxylic acids is 1. The minimum atomic E-state index is -0.320. The van der Waals surface area contributed by atoms with Gasteiger partial charge in [-0.2, -0.15) is 0 Å². The fourth-order valence-electron chi connectivity index (χ4n) is 2.19. The maximum atomic E-state index is 12.1. The fraction of sp³-hybridized carbons (Fsp3) is 0.833. The highest BCUT2D eigenvalue weighted by atomic mass is 32.1. The number of thiocarbonyl (C=S) groups is 1. The van der Waals surface area contributed by atoms with Crippen molar-refractivity contribution in [2.24, 2.45) is 17.6 Å². The molecule has 1 aliphatic heterocycles. The first-order valence-corrected chi connectivity index (χ1v) is 6.59.